The number of pyridine rings is 1. The minimum atomic E-state index is -0.239. The van der Waals surface area contributed by atoms with Crippen LogP contribution in [0.5, 0.6) is 0 Å². The van der Waals surface area contributed by atoms with E-state index >= 15 is 0 Å². The van der Waals surface area contributed by atoms with Gasteiger partial charge in [-0.1, -0.05) is 18.6 Å². The van der Waals surface area contributed by atoms with Gasteiger partial charge in [-0.25, -0.2) is 4.68 Å². The smallest absolute Gasteiger partial charge is 0.252 e. The second-order valence-electron chi connectivity index (χ2n) is 10.3. The van der Waals surface area contributed by atoms with Crippen molar-refractivity contribution < 1.29 is 4.74 Å². The molecule has 1 saturated heterocycles. The summed E-state index contributed by atoms with van der Waals surface area (Å²) in [7, 11) is 0. The van der Waals surface area contributed by atoms with Crippen LogP contribution in [0.2, 0.25) is 0 Å². The first kappa shape index (κ1) is 23.6. The minimum absolute atomic E-state index is 0.0298. The lowest BCUT2D eigenvalue weighted by atomic mass is 10.0. The lowest BCUT2D eigenvalue weighted by Gasteiger charge is -2.33. The molecule has 0 saturated carbocycles. The molecule has 8 nitrogen and oxygen atoms in total. The van der Waals surface area contributed by atoms with Crippen LogP contribution in [-0.2, 0) is 16.8 Å². The van der Waals surface area contributed by atoms with E-state index in [2.05, 4.69) is 72.2 Å². The molecule has 3 aromatic rings. The molecule has 0 radical (unpaired) electrons. The number of aryl methyl sites for hydroxylation is 2. The van der Waals surface area contributed by atoms with E-state index in [0.29, 0.717) is 6.54 Å². The highest BCUT2D eigenvalue weighted by molar-refractivity contribution is 5.82. The van der Waals surface area contributed by atoms with Gasteiger partial charge in [0.05, 0.1) is 23.2 Å². The largest absolute Gasteiger partial charge is 0.377 e. The quantitative estimate of drug-likeness (QED) is 0.582. The third-order valence-corrected chi connectivity index (χ3v) is 6.46. The Morgan fingerprint density at radius 2 is 2.06 bits per heavy atom. The Hall–Kier alpha value is -2.58. The SMILES string of the molecule is CC[C@@H](c1nnnn1C(C)(C)C)N(Cc1cc2cc(C)cc(C)c2[nH]c1=O)C[C@H]1CCCO1. The summed E-state index contributed by atoms with van der Waals surface area (Å²) in [6.45, 7) is 14.6. The molecule has 0 spiro atoms. The summed E-state index contributed by atoms with van der Waals surface area (Å²) in [5.41, 5.74) is 3.64. The summed E-state index contributed by atoms with van der Waals surface area (Å²) in [6, 6.07) is 6.23. The molecule has 0 bridgehead atoms. The number of hydrogen-bond acceptors (Lipinski definition) is 6. The molecule has 1 N–H and O–H groups in total. The number of aromatic nitrogens is 5. The summed E-state index contributed by atoms with van der Waals surface area (Å²) >= 11 is 0. The van der Waals surface area contributed by atoms with E-state index < -0.39 is 0 Å². The molecule has 2 aromatic heterocycles. The number of tetrazole rings is 1. The molecule has 2 atom stereocenters. The van der Waals surface area contributed by atoms with Gasteiger partial charge in [-0.05, 0) is 87.4 Å². The van der Waals surface area contributed by atoms with Gasteiger partial charge in [0, 0.05) is 25.3 Å². The Morgan fingerprint density at radius 3 is 2.73 bits per heavy atom. The zero-order chi connectivity index (χ0) is 23.8. The molecule has 4 rings (SSSR count). The highest BCUT2D eigenvalue weighted by Crippen LogP contribution is 2.29. The monoisotopic (exact) mass is 452 g/mol. The Labute approximate surface area is 195 Å². The van der Waals surface area contributed by atoms with Gasteiger partial charge in [0.1, 0.15) is 0 Å². The van der Waals surface area contributed by atoms with Crippen LogP contribution in [0.25, 0.3) is 10.9 Å². The Bertz CT molecular complexity index is 1170. The molecule has 0 aliphatic carbocycles. The van der Waals surface area contributed by atoms with E-state index in [4.69, 9.17) is 4.74 Å². The van der Waals surface area contributed by atoms with Gasteiger partial charge in [0.15, 0.2) is 5.82 Å². The summed E-state index contributed by atoms with van der Waals surface area (Å²) in [5, 5.41) is 13.8. The van der Waals surface area contributed by atoms with Crippen LogP contribution < -0.4 is 5.56 Å². The zero-order valence-corrected chi connectivity index (χ0v) is 20.7. The Morgan fingerprint density at radius 1 is 1.27 bits per heavy atom. The van der Waals surface area contributed by atoms with Crippen molar-refractivity contribution in [3.8, 4) is 0 Å². The van der Waals surface area contributed by atoms with Gasteiger partial charge >= 0.3 is 0 Å². The average Bonchev–Trinajstić information content (AvgIpc) is 3.42. The molecule has 1 aromatic carbocycles. The van der Waals surface area contributed by atoms with Crippen LogP contribution in [0, 0.1) is 13.8 Å². The standard InChI is InChI=1S/C25H36N6O2/c1-7-21(23-27-28-29-31(23)25(4,5)6)30(15-20-9-8-10-33-20)14-19-13-18-12-16(2)11-17(3)22(18)26-24(19)32/h11-13,20-21H,7-10,14-15H2,1-6H3,(H,26,32)/t20-,21+/m1/s1. The minimum Gasteiger partial charge on any atom is -0.377 e. The topological polar surface area (TPSA) is 88.9 Å². The second-order valence-corrected chi connectivity index (χ2v) is 10.3. The highest BCUT2D eigenvalue weighted by atomic mass is 16.5. The highest BCUT2D eigenvalue weighted by Gasteiger charge is 2.31. The molecular formula is C25H36N6O2. The fourth-order valence-electron chi connectivity index (χ4n) is 4.90. The van der Waals surface area contributed by atoms with E-state index in [1.165, 1.54) is 5.56 Å². The fourth-order valence-corrected chi connectivity index (χ4v) is 4.90. The van der Waals surface area contributed by atoms with Gasteiger partial charge in [0.25, 0.3) is 5.56 Å². The number of benzene rings is 1. The number of rotatable bonds is 7. The van der Waals surface area contributed by atoms with Crippen molar-refractivity contribution in [2.45, 2.75) is 85.0 Å². The molecule has 1 aliphatic rings. The number of ether oxygens (including phenoxy) is 1. The van der Waals surface area contributed by atoms with Crippen molar-refractivity contribution in [1.29, 1.82) is 0 Å². The van der Waals surface area contributed by atoms with Crippen LogP contribution >= 0.6 is 0 Å². The normalized spacial score (nSPS) is 17.8. The predicted molar refractivity (Wildman–Crippen MR) is 129 cm³/mol. The average molecular weight is 453 g/mol. The maximum absolute atomic E-state index is 13.1. The first-order valence-electron chi connectivity index (χ1n) is 11.9. The number of H-pyrrole nitrogens is 1. The Balaban J connectivity index is 1.74. The van der Waals surface area contributed by atoms with Crippen LogP contribution in [0.15, 0.2) is 23.0 Å². The zero-order valence-electron chi connectivity index (χ0n) is 20.7. The summed E-state index contributed by atoms with van der Waals surface area (Å²) in [4.78, 5) is 18.6. The van der Waals surface area contributed by atoms with E-state index in [-0.39, 0.29) is 23.2 Å². The molecule has 3 heterocycles. The van der Waals surface area contributed by atoms with Crippen LogP contribution in [0.4, 0.5) is 0 Å². The molecule has 178 valence electrons. The molecule has 1 aliphatic heterocycles. The van der Waals surface area contributed by atoms with Crippen LogP contribution in [0.1, 0.15) is 75.5 Å². The van der Waals surface area contributed by atoms with Gasteiger partial charge < -0.3 is 9.72 Å². The number of fused-ring (bicyclic) bond motifs is 1. The summed E-state index contributed by atoms with van der Waals surface area (Å²) < 4.78 is 7.88. The van der Waals surface area contributed by atoms with Crippen molar-refractivity contribution >= 4 is 10.9 Å². The summed E-state index contributed by atoms with van der Waals surface area (Å²) in [5.74, 6) is 0.826. The van der Waals surface area contributed by atoms with E-state index in [9.17, 15) is 4.79 Å². The number of hydrogen-bond donors (Lipinski definition) is 1. The van der Waals surface area contributed by atoms with Crippen LogP contribution in [-0.4, -0.2) is 49.3 Å². The maximum atomic E-state index is 13.1. The molecule has 33 heavy (non-hydrogen) atoms. The number of nitrogens with zero attached hydrogens (tertiary/aromatic N) is 5. The van der Waals surface area contributed by atoms with Crippen molar-refractivity contribution in [1.82, 2.24) is 30.1 Å². The van der Waals surface area contributed by atoms with E-state index in [1.54, 1.807) is 0 Å². The molecule has 1 fully saturated rings. The van der Waals surface area contributed by atoms with Gasteiger partial charge in [-0.15, -0.1) is 5.10 Å². The van der Waals surface area contributed by atoms with Crippen LogP contribution in [0.3, 0.4) is 0 Å². The molecule has 0 unspecified atom stereocenters. The lowest BCUT2D eigenvalue weighted by molar-refractivity contribution is 0.0478. The lowest BCUT2D eigenvalue weighted by Crippen LogP contribution is -2.39. The molecule has 0 amide bonds. The van der Waals surface area contributed by atoms with E-state index in [1.807, 2.05) is 17.7 Å². The Kier molecular flexibility index (Phi) is 6.68. The van der Waals surface area contributed by atoms with E-state index in [0.717, 1.165) is 60.3 Å². The van der Waals surface area contributed by atoms with Crippen molar-refractivity contribution in [3.63, 3.8) is 0 Å². The third-order valence-electron chi connectivity index (χ3n) is 6.46. The molecular weight excluding hydrogens is 416 g/mol. The molecule has 8 heteroatoms. The van der Waals surface area contributed by atoms with Crippen molar-refractivity contribution in [3.05, 3.63) is 51.1 Å². The van der Waals surface area contributed by atoms with Gasteiger partial charge in [0.2, 0.25) is 0 Å². The fraction of sp³-hybridized carbons (Fsp3) is 0.600. The van der Waals surface area contributed by atoms with Gasteiger partial charge in [-0.2, -0.15) is 0 Å². The van der Waals surface area contributed by atoms with Crippen molar-refractivity contribution in [2.24, 2.45) is 0 Å². The third kappa shape index (κ3) is 5.01. The number of nitrogens with one attached hydrogen (secondary N) is 1. The summed E-state index contributed by atoms with van der Waals surface area (Å²) in [6.07, 6.45) is 3.09. The number of aromatic amines is 1. The first-order chi connectivity index (χ1) is 15.7. The second kappa shape index (κ2) is 9.35. The predicted octanol–water partition coefficient (Wildman–Crippen LogP) is 4.02. The van der Waals surface area contributed by atoms with Crippen molar-refractivity contribution in [2.75, 3.05) is 13.2 Å². The first-order valence-corrected chi connectivity index (χ1v) is 11.9. The maximum Gasteiger partial charge on any atom is 0.252 e. The van der Waals surface area contributed by atoms with Gasteiger partial charge in [-0.3, -0.25) is 9.69 Å².